The lowest BCUT2D eigenvalue weighted by atomic mass is 9.93. The van der Waals surface area contributed by atoms with Crippen molar-refractivity contribution in [1.82, 2.24) is 19.7 Å². The lowest BCUT2D eigenvalue weighted by Gasteiger charge is -2.38. The Bertz CT molecular complexity index is 1380. The molecule has 1 aromatic heterocycles. The molecule has 0 radical (unpaired) electrons. The second-order valence-corrected chi connectivity index (χ2v) is 10.8. The minimum absolute atomic E-state index is 0.0209. The van der Waals surface area contributed by atoms with Gasteiger partial charge in [0.2, 0.25) is 16.3 Å². The van der Waals surface area contributed by atoms with E-state index in [0.29, 0.717) is 23.2 Å². The Hall–Kier alpha value is -3.57. The van der Waals surface area contributed by atoms with Crippen LogP contribution in [-0.4, -0.2) is 74.4 Å². The van der Waals surface area contributed by atoms with Gasteiger partial charge in [0.25, 0.3) is 11.8 Å². The van der Waals surface area contributed by atoms with Crippen molar-refractivity contribution in [2.75, 3.05) is 31.6 Å². The number of aromatic nitrogens is 1. The van der Waals surface area contributed by atoms with Gasteiger partial charge in [-0.25, -0.2) is 17.5 Å². The number of aryl methyl sites for hydroxylation is 2. The number of halogens is 5. The van der Waals surface area contributed by atoms with E-state index in [2.05, 4.69) is 10.0 Å². The molecule has 0 aliphatic carbocycles. The Kier molecular flexibility index (Phi) is 9.52. The average molecular weight is 596 g/mol. The lowest BCUT2D eigenvalue weighted by Crippen LogP contribution is -2.54. The maximum Gasteiger partial charge on any atom is 0.403 e. The number of nitrogens with zero attached hydrogens (tertiary/aromatic N) is 2. The van der Waals surface area contributed by atoms with E-state index in [1.807, 2.05) is 0 Å². The number of anilines is 1. The fraction of sp³-hybridized carbons (Fsp3) is 0.435. The molecule has 2 aromatic rings. The van der Waals surface area contributed by atoms with Gasteiger partial charge in [-0.05, 0) is 37.1 Å². The second-order valence-electron chi connectivity index (χ2n) is 9.12. The number of carbonyl (C=O) groups excluding carboxylic acids is 3. The highest BCUT2D eigenvalue weighted by molar-refractivity contribution is 7.89. The maximum atomic E-state index is 13.5. The molecule has 40 heavy (non-hydrogen) atoms. The van der Waals surface area contributed by atoms with Crippen molar-refractivity contribution >= 4 is 33.8 Å². The quantitative estimate of drug-likeness (QED) is 0.212. The molecule has 11 nitrogen and oxygen atoms in total. The highest BCUT2D eigenvalue weighted by Crippen LogP contribution is 2.34. The number of likely N-dealkylation sites (tertiary alicyclic amines) is 1. The molecule has 3 N–H and O–H groups in total. The van der Waals surface area contributed by atoms with E-state index in [4.69, 9.17) is 4.74 Å². The Labute approximate surface area is 225 Å². The summed E-state index contributed by atoms with van der Waals surface area (Å²) in [6.45, 7) is 0.399. The van der Waals surface area contributed by atoms with Crippen LogP contribution in [0.15, 0.2) is 29.3 Å². The van der Waals surface area contributed by atoms with Gasteiger partial charge >= 0.3 is 6.18 Å². The predicted molar refractivity (Wildman–Crippen MR) is 130 cm³/mol. The number of aldehydes is 1. The van der Waals surface area contributed by atoms with Gasteiger partial charge < -0.3 is 19.5 Å². The SMILES string of the molecule is Cc1cc(NC(=O)c2c3c(cn2C)S(=O)(=O)NC2CCN(C(=O)C=O)CC2CO3)ccc1F.FNCC(F)(F)F. The molecule has 2 aliphatic heterocycles. The summed E-state index contributed by atoms with van der Waals surface area (Å²) in [4.78, 5) is 36.9. The summed E-state index contributed by atoms with van der Waals surface area (Å²) in [6, 6.07) is 3.60. The fourth-order valence-corrected chi connectivity index (χ4v) is 5.78. The van der Waals surface area contributed by atoms with Crippen LogP contribution >= 0.6 is 0 Å². The molecule has 4 rings (SSSR count). The zero-order valence-corrected chi connectivity index (χ0v) is 22.0. The zero-order chi connectivity index (χ0) is 29.8. The van der Waals surface area contributed by atoms with E-state index in [1.165, 1.54) is 40.9 Å². The number of hydrogen-bond acceptors (Lipinski definition) is 7. The predicted octanol–water partition coefficient (Wildman–Crippen LogP) is 1.83. The number of rotatable bonds is 4. The first kappa shape index (κ1) is 31.0. The molecule has 2 aliphatic rings. The van der Waals surface area contributed by atoms with Gasteiger partial charge in [0, 0.05) is 44.0 Å². The Morgan fingerprint density at radius 2 is 1.98 bits per heavy atom. The van der Waals surface area contributed by atoms with Gasteiger partial charge in [-0.2, -0.15) is 18.7 Å². The molecule has 3 heterocycles. The van der Waals surface area contributed by atoms with Crippen molar-refractivity contribution in [2.45, 2.75) is 30.5 Å². The number of amides is 2. The summed E-state index contributed by atoms with van der Waals surface area (Å²) in [5.74, 6) is -2.24. The average Bonchev–Trinajstić information content (AvgIpc) is 3.20. The molecule has 1 saturated heterocycles. The molecule has 1 fully saturated rings. The van der Waals surface area contributed by atoms with Crippen molar-refractivity contribution < 1.29 is 49.6 Å². The van der Waals surface area contributed by atoms with Crippen molar-refractivity contribution in [2.24, 2.45) is 13.0 Å². The van der Waals surface area contributed by atoms with E-state index in [-0.39, 0.29) is 42.3 Å². The number of ether oxygens (including phenoxy) is 1. The minimum atomic E-state index is -4.44. The van der Waals surface area contributed by atoms with E-state index >= 15 is 0 Å². The summed E-state index contributed by atoms with van der Waals surface area (Å²) in [7, 11) is -2.51. The molecule has 2 amide bonds. The molecule has 0 saturated carbocycles. The number of piperidine rings is 1. The van der Waals surface area contributed by atoms with E-state index in [1.54, 1.807) is 6.92 Å². The Morgan fingerprint density at radius 3 is 2.55 bits per heavy atom. The number of carbonyl (C=O) groups is 3. The van der Waals surface area contributed by atoms with Gasteiger partial charge in [0.05, 0.1) is 6.61 Å². The van der Waals surface area contributed by atoms with Crippen LogP contribution in [0.25, 0.3) is 0 Å². The molecular weight excluding hydrogens is 569 g/mol. The summed E-state index contributed by atoms with van der Waals surface area (Å²) in [6.07, 6.45) is -2.59. The normalized spacial score (nSPS) is 19.9. The van der Waals surface area contributed by atoms with Crippen molar-refractivity contribution in [3.05, 3.63) is 41.5 Å². The van der Waals surface area contributed by atoms with Crippen LogP contribution in [0.5, 0.6) is 5.75 Å². The first-order valence-electron chi connectivity index (χ1n) is 11.7. The summed E-state index contributed by atoms with van der Waals surface area (Å²) in [5, 5.41) is 2.64. The van der Waals surface area contributed by atoms with Crippen molar-refractivity contribution in [1.29, 1.82) is 0 Å². The highest BCUT2D eigenvalue weighted by atomic mass is 32.2. The number of nitrogens with one attached hydrogen (secondary N) is 3. The zero-order valence-electron chi connectivity index (χ0n) is 21.2. The van der Waals surface area contributed by atoms with Crippen LogP contribution in [0.2, 0.25) is 0 Å². The van der Waals surface area contributed by atoms with Crippen LogP contribution in [0, 0.1) is 18.7 Å². The third kappa shape index (κ3) is 7.33. The van der Waals surface area contributed by atoms with E-state index in [9.17, 15) is 44.8 Å². The van der Waals surface area contributed by atoms with Crippen LogP contribution in [-0.2, 0) is 26.7 Å². The summed E-state index contributed by atoms with van der Waals surface area (Å²) >= 11 is 0. The monoisotopic (exact) mass is 595 g/mol. The van der Waals surface area contributed by atoms with Gasteiger partial charge in [0.1, 0.15) is 17.3 Å². The smallest absolute Gasteiger partial charge is 0.403 e. The fourth-order valence-electron chi connectivity index (χ4n) is 4.24. The summed E-state index contributed by atoms with van der Waals surface area (Å²) in [5.41, 5.74) is 1.15. The van der Waals surface area contributed by atoms with Gasteiger partial charge in [-0.15, -0.1) is 4.48 Å². The molecule has 220 valence electrons. The Balaban J connectivity index is 0.000000559. The Morgan fingerprint density at radius 1 is 1.27 bits per heavy atom. The molecule has 17 heteroatoms. The number of hydrogen-bond donors (Lipinski definition) is 3. The van der Waals surface area contributed by atoms with E-state index in [0.717, 1.165) is 0 Å². The third-order valence-corrected chi connectivity index (χ3v) is 7.67. The van der Waals surface area contributed by atoms with Crippen LogP contribution in [0.3, 0.4) is 0 Å². The molecule has 2 atom stereocenters. The second kappa shape index (κ2) is 12.3. The molecule has 1 aromatic carbocycles. The number of fused-ring (bicyclic) bond motifs is 2. The molecule has 0 spiro atoms. The standard InChI is InChI=1S/C21H23FN4O6S.C2H3F4N/c1-12-7-14(3-4-15(12)22)23-21(29)19-20-17(9-25(19)2)33(30,31)24-16-5-6-26(18(28)10-27)8-13(16)11-32-20;3-2(4,5)1-7-6/h3-4,7,9-10,13,16,24H,5-6,8,11H2,1-2H3,(H,23,29);7H,1H2. The highest BCUT2D eigenvalue weighted by Gasteiger charge is 2.40. The number of sulfonamides is 1. The van der Waals surface area contributed by atoms with Gasteiger partial charge in [-0.3, -0.25) is 14.4 Å². The van der Waals surface area contributed by atoms with E-state index < -0.39 is 52.3 Å². The van der Waals surface area contributed by atoms with Crippen molar-refractivity contribution in [3.8, 4) is 5.75 Å². The van der Waals surface area contributed by atoms with Crippen molar-refractivity contribution in [3.63, 3.8) is 0 Å². The van der Waals surface area contributed by atoms with Crippen LogP contribution in [0.4, 0.5) is 27.7 Å². The first-order chi connectivity index (χ1) is 18.7. The largest absolute Gasteiger partial charge is 0.489 e. The number of benzene rings is 1. The molecular formula is C23H26F5N5O6S. The molecule has 2 unspecified atom stereocenters. The number of alkyl halides is 3. The third-order valence-electron chi connectivity index (χ3n) is 6.18. The topological polar surface area (TPSA) is 139 Å². The maximum absolute atomic E-state index is 13.5. The minimum Gasteiger partial charge on any atom is -0.489 e. The van der Waals surface area contributed by atoms with Crippen LogP contribution in [0.1, 0.15) is 22.5 Å². The van der Waals surface area contributed by atoms with Gasteiger partial charge in [-0.1, -0.05) is 0 Å². The van der Waals surface area contributed by atoms with Gasteiger partial charge in [0.15, 0.2) is 11.4 Å². The van der Waals surface area contributed by atoms with Crippen LogP contribution < -0.4 is 20.3 Å². The lowest BCUT2D eigenvalue weighted by molar-refractivity contribution is -0.140. The summed E-state index contributed by atoms with van der Waals surface area (Å²) < 4.78 is 92.4. The molecule has 0 bridgehead atoms. The first-order valence-corrected chi connectivity index (χ1v) is 13.2.